The topological polar surface area (TPSA) is 109 Å². The minimum atomic E-state index is -3.16. The van der Waals surface area contributed by atoms with Gasteiger partial charge in [0, 0.05) is 26.2 Å². The molecule has 0 radical (unpaired) electrons. The molecule has 0 aromatic heterocycles. The van der Waals surface area contributed by atoms with Gasteiger partial charge in [0.2, 0.25) is 0 Å². The van der Waals surface area contributed by atoms with E-state index in [4.69, 9.17) is 4.74 Å². The molecule has 0 saturated carbocycles. The lowest BCUT2D eigenvalue weighted by molar-refractivity contribution is 0.0529. The van der Waals surface area contributed by atoms with Crippen molar-refractivity contribution in [3.63, 3.8) is 0 Å². The largest absolute Gasteiger partial charge is 0.444 e. The number of sulfone groups is 1. The second-order valence-electron chi connectivity index (χ2n) is 7.55. The van der Waals surface area contributed by atoms with Crippen molar-refractivity contribution in [1.82, 2.24) is 16.0 Å². The highest BCUT2D eigenvalue weighted by atomic mass is 127. The number of halogens is 1. The van der Waals surface area contributed by atoms with Crippen molar-refractivity contribution in [1.29, 1.82) is 0 Å². The van der Waals surface area contributed by atoms with Crippen molar-refractivity contribution >= 4 is 45.9 Å². The SMILES string of the molecule is CCNC(=NCCCS(=O)(=O)Cc1ccccc1)NCCNC(=O)OC(C)(C)C.I. The Labute approximate surface area is 197 Å². The summed E-state index contributed by atoms with van der Waals surface area (Å²) < 4.78 is 29.6. The molecular weight excluding hydrogens is 519 g/mol. The monoisotopic (exact) mass is 554 g/mol. The molecule has 0 heterocycles. The predicted octanol–water partition coefficient (Wildman–Crippen LogP) is 2.69. The van der Waals surface area contributed by atoms with Gasteiger partial charge in [0.05, 0.1) is 11.5 Å². The first-order valence-electron chi connectivity index (χ1n) is 9.84. The highest BCUT2D eigenvalue weighted by Gasteiger charge is 2.15. The lowest BCUT2D eigenvalue weighted by atomic mass is 10.2. The average Bonchev–Trinajstić information content (AvgIpc) is 2.61. The first-order chi connectivity index (χ1) is 13.6. The van der Waals surface area contributed by atoms with Crippen LogP contribution in [0.2, 0.25) is 0 Å². The van der Waals surface area contributed by atoms with Crippen LogP contribution in [-0.2, 0) is 20.3 Å². The van der Waals surface area contributed by atoms with Crippen molar-refractivity contribution in [2.45, 2.75) is 45.5 Å². The molecule has 8 nitrogen and oxygen atoms in total. The van der Waals surface area contributed by atoms with Crippen LogP contribution >= 0.6 is 24.0 Å². The number of nitrogens with zero attached hydrogens (tertiary/aromatic N) is 1. The van der Waals surface area contributed by atoms with Crippen LogP contribution in [0.3, 0.4) is 0 Å². The van der Waals surface area contributed by atoms with Crippen LogP contribution in [-0.4, -0.2) is 58.0 Å². The number of hydrogen-bond acceptors (Lipinski definition) is 5. The van der Waals surface area contributed by atoms with E-state index in [1.807, 2.05) is 37.3 Å². The Bertz CT molecular complexity index is 750. The van der Waals surface area contributed by atoms with Gasteiger partial charge in [-0.1, -0.05) is 30.3 Å². The molecule has 1 aromatic rings. The predicted molar refractivity (Wildman–Crippen MR) is 132 cm³/mol. The summed E-state index contributed by atoms with van der Waals surface area (Å²) in [5.41, 5.74) is 0.262. The van der Waals surface area contributed by atoms with E-state index in [-0.39, 0.29) is 35.5 Å². The number of carbonyl (C=O) groups is 1. The molecule has 30 heavy (non-hydrogen) atoms. The summed E-state index contributed by atoms with van der Waals surface area (Å²) in [4.78, 5) is 16.0. The van der Waals surface area contributed by atoms with Gasteiger partial charge in [-0.05, 0) is 39.7 Å². The van der Waals surface area contributed by atoms with Crippen molar-refractivity contribution in [3.8, 4) is 0 Å². The molecule has 0 aliphatic rings. The Morgan fingerprint density at radius 1 is 1.07 bits per heavy atom. The zero-order chi connectivity index (χ0) is 21.8. The zero-order valence-corrected chi connectivity index (χ0v) is 21.4. The summed E-state index contributed by atoms with van der Waals surface area (Å²) in [5, 5.41) is 8.85. The summed E-state index contributed by atoms with van der Waals surface area (Å²) in [5.74, 6) is 0.718. The third-order valence-corrected chi connectivity index (χ3v) is 5.23. The van der Waals surface area contributed by atoms with Gasteiger partial charge in [0.15, 0.2) is 15.8 Å². The fraction of sp³-hybridized carbons (Fsp3) is 0.600. The van der Waals surface area contributed by atoms with Crippen molar-refractivity contribution in [3.05, 3.63) is 35.9 Å². The smallest absolute Gasteiger partial charge is 0.407 e. The third kappa shape index (κ3) is 14.4. The van der Waals surface area contributed by atoms with Crippen LogP contribution in [0.4, 0.5) is 4.79 Å². The second-order valence-corrected chi connectivity index (χ2v) is 9.73. The van der Waals surface area contributed by atoms with Gasteiger partial charge in [-0.2, -0.15) is 0 Å². The Morgan fingerprint density at radius 3 is 2.30 bits per heavy atom. The summed E-state index contributed by atoms with van der Waals surface area (Å²) in [6.45, 7) is 9.28. The summed E-state index contributed by atoms with van der Waals surface area (Å²) >= 11 is 0. The fourth-order valence-corrected chi connectivity index (χ4v) is 3.79. The van der Waals surface area contributed by atoms with E-state index in [1.54, 1.807) is 20.8 Å². The maximum atomic E-state index is 12.2. The molecule has 172 valence electrons. The number of guanidine groups is 1. The molecule has 1 aromatic carbocycles. The van der Waals surface area contributed by atoms with E-state index in [1.165, 1.54) is 0 Å². The Balaban J connectivity index is 0.00000841. The molecule has 0 bridgehead atoms. The van der Waals surface area contributed by atoms with E-state index in [0.29, 0.717) is 38.6 Å². The standard InChI is InChI=1S/C20H34N4O4S.HI/c1-5-21-18(23-13-14-24-19(25)28-20(2,3)4)22-12-9-15-29(26,27)16-17-10-7-6-8-11-17;/h6-8,10-11H,5,9,12-16H2,1-4H3,(H,24,25)(H2,21,22,23);1H. The lowest BCUT2D eigenvalue weighted by Gasteiger charge is -2.19. The zero-order valence-electron chi connectivity index (χ0n) is 18.2. The summed E-state index contributed by atoms with van der Waals surface area (Å²) in [6.07, 6.45) is -0.0214. The summed E-state index contributed by atoms with van der Waals surface area (Å²) in [6, 6.07) is 9.16. The number of ether oxygens (including phenoxy) is 1. The van der Waals surface area contributed by atoms with E-state index in [2.05, 4.69) is 20.9 Å². The number of aliphatic imine (C=N–C) groups is 1. The molecule has 1 rings (SSSR count). The van der Waals surface area contributed by atoms with E-state index in [9.17, 15) is 13.2 Å². The Morgan fingerprint density at radius 2 is 1.70 bits per heavy atom. The highest BCUT2D eigenvalue weighted by Crippen LogP contribution is 2.07. The number of nitrogens with one attached hydrogen (secondary N) is 3. The number of rotatable bonds is 10. The molecule has 0 fully saturated rings. The normalized spacial score (nSPS) is 11.9. The maximum absolute atomic E-state index is 12.2. The number of alkyl carbamates (subject to hydrolysis) is 1. The van der Waals surface area contributed by atoms with Gasteiger partial charge in [-0.3, -0.25) is 4.99 Å². The quantitative estimate of drug-likeness (QED) is 0.178. The van der Waals surface area contributed by atoms with Gasteiger partial charge >= 0.3 is 6.09 Å². The molecular formula is C20H35IN4O4S. The minimum absolute atomic E-state index is 0. The Hall–Kier alpha value is -1.56. The molecule has 0 atom stereocenters. The van der Waals surface area contributed by atoms with Gasteiger partial charge in [0.1, 0.15) is 5.60 Å². The average molecular weight is 554 g/mol. The molecule has 1 amide bonds. The molecule has 0 aliphatic carbocycles. The van der Waals surface area contributed by atoms with Crippen molar-refractivity contribution < 1.29 is 17.9 Å². The lowest BCUT2D eigenvalue weighted by Crippen LogP contribution is -2.42. The van der Waals surface area contributed by atoms with E-state index < -0.39 is 21.5 Å². The number of amides is 1. The minimum Gasteiger partial charge on any atom is -0.444 e. The molecule has 0 unspecified atom stereocenters. The van der Waals surface area contributed by atoms with Crippen LogP contribution in [0, 0.1) is 0 Å². The van der Waals surface area contributed by atoms with Gasteiger partial charge in [-0.25, -0.2) is 13.2 Å². The van der Waals surface area contributed by atoms with E-state index >= 15 is 0 Å². The van der Waals surface area contributed by atoms with Gasteiger partial charge < -0.3 is 20.7 Å². The number of hydrogen-bond donors (Lipinski definition) is 3. The van der Waals surface area contributed by atoms with Crippen molar-refractivity contribution in [2.75, 3.05) is 31.9 Å². The van der Waals surface area contributed by atoms with Crippen LogP contribution in [0.1, 0.15) is 39.7 Å². The van der Waals surface area contributed by atoms with Gasteiger partial charge in [0.25, 0.3) is 0 Å². The van der Waals surface area contributed by atoms with Crippen LogP contribution < -0.4 is 16.0 Å². The fourth-order valence-electron chi connectivity index (χ4n) is 2.38. The molecule has 0 aliphatic heterocycles. The maximum Gasteiger partial charge on any atom is 0.407 e. The van der Waals surface area contributed by atoms with Crippen LogP contribution in [0.15, 0.2) is 35.3 Å². The summed E-state index contributed by atoms with van der Waals surface area (Å²) in [7, 11) is -3.16. The number of carbonyl (C=O) groups excluding carboxylic acids is 1. The number of benzene rings is 1. The molecule has 3 N–H and O–H groups in total. The van der Waals surface area contributed by atoms with Crippen LogP contribution in [0.5, 0.6) is 0 Å². The van der Waals surface area contributed by atoms with E-state index in [0.717, 1.165) is 5.56 Å². The first-order valence-corrected chi connectivity index (χ1v) is 11.7. The molecule has 0 spiro atoms. The van der Waals surface area contributed by atoms with Crippen LogP contribution in [0.25, 0.3) is 0 Å². The molecule has 10 heteroatoms. The second kappa shape index (κ2) is 14.4. The van der Waals surface area contributed by atoms with Crippen molar-refractivity contribution in [2.24, 2.45) is 4.99 Å². The third-order valence-electron chi connectivity index (χ3n) is 3.54. The first kappa shape index (κ1) is 28.4. The Kier molecular flexibility index (Phi) is 13.7. The highest BCUT2D eigenvalue weighted by molar-refractivity contribution is 14.0. The molecule has 0 saturated heterocycles. The van der Waals surface area contributed by atoms with Gasteiger partial charge in [-0.15, -0.1) is 24.0 Å².